The molecule has 2 aromatic rings. The summed E-state index contributed by atoms with van der Waals surface area (Å²) in [6, 6.07) is 1.56. The molecule has 0 aliphatic heterocycles. The zero-order valence-electron chi connectivity index (χ0n) is 12.4. The molecule has 5 nitrogen and oxygen atoms in total. The van der Waals surface area contributed by atoms with Gasteiger partial charge in [-0.05, 0) is 58.5 Å². The third kappa shape index (κ3) is 2.90. The van der Waals surface area contributed by atoms with Gasteiger partial charge in [0.1, 0.15) is 6.04 Å². The largest absolute Gasteiger partial charge is 0.350 e. The molecule has 0 aliphatic carbocycles. The predicted octanol–water partition coefficient (Wildman–Crippen LogP) is 2.88. The highest BCUT2D eigenvalue weighted by Crippen LogP contribution is 2.19. The lowest BCUT2D eigenvalue weighted by Gasteiger charge is -2.23. The molecule has 0 bridgehead atoms. The van der Waals surface area contributed by atoms with Crippen molar-refractivity contribution in [2.75, 3.05) is 0 Å². The number of rotatable bonds is 2. The monoisotopic (exact) mass is 292 g/mol. The van der Waals surface area contributed by atoms with Crippen molar-refractivity contribution in [3.63, 3.8) is 0 Å². The molecule has 0 fully saturated rings. The first-order valence-electron chi connectivity index (χ1n) is 6.58. The van der Waals surface area contributed by atoms with E-state index in [1.807, 2.05) is 40.7 Å². The molecule has 2 heterocycles. The normalized spacial score (nSPS) is 13.4. The lowest BCUT2D eigenvalue weighted by atomic mass is 10.1. The van der Waals surface area contributed by atoms with Gasteiger partial charge in [0.05, 0.1) is 5.52 Å². The van der Waals surface area contributed by atoms with Gasteiger partial charge < -0.3 is 10.3 Å². The number of nitrogens with one attached hydrogen (secondary N) is 2. The molecule has 1 atom stereocenters. The molecule has 0 aliphatic rings. The second-order valence-electron chi connectivity index (χ2n) is 6.10. The minimum Gasteiger partial charge on any atom is -0.350 e. The van der Waals surface area contributed by atoms with Crippen LogP contribution in [0, 0.1) is 11.7 Å². The van der Waals surface area contributed by atoms with Crippen LogP contribution in [-0.4, -0.2) is 26.0 Å². The zero-order valence-corrected chi connectivity index (χ0v) is 13.3. The SMILES string of the molecule is Cc1cnc2c(c1)[nH]c(=S)n2C(C)C(=O)NC(C)(C)C. The van der Waals surface area contributed by atoms with Crippen LogP contribution in [0.4, 0.5) is 0 Å². The van der Waals surface area contributed by atoms with Gasteiger partial charge in [0, 0.05) is 11.7 Å². The van der Waals surface area contributed by atoms with Gasteiger partial charge in [0.2, 0.25) is 5.91 Å². The van der Waals surface area contributed by atoms with E-state index >= 15 is 0 Å². The van der Waals surface area contributed by atoms with Crippen molar-refractivity contribution >= 4 is 29.3 Å². The van der Waals surface area contributed by atoms with E-state index in [0.717, 1.165) is 11.1 Å². The number of carbonyl (C=O) groups excluding carboxylic acids is 1. The molecule has 0 saturated heterocycles. The fourth-order valence-corrected chi connectivity index (χ4v) is 2.42. The molecule has 0 radical (unpaired) electrons. The quantitative estimate of drug-likeness (QED) is 0.837. The first-order chi connectivity index (χ1) is 9.19. The Hall–Kier alpha value is -1.69. The number of aromatic nitrogens is 3. The van der Waals surface area contributed by atoms with Crippen LogP contribution < -0.4 is 5.32 Å². The minimum absolute atomic E-state index is 0.0723. The summed E-state index contributed by atoms with van der Waals surface area (Å²) >= 11 is 5.32. The van der Waals surface area contributed by atoms with E-state index in [2.05, 4.69) is 15.3 Å². The van der Waals surface area contributed by atoms with Gasteiger partial charge in [0.25, 0.3) is 0 Å². The van der Waals surface area contributed by atoms with Crippen LogP contribution in [0.25, 0.3) is 11.2 Å². The molecule has 1 amide bonds. The summed E-state index contributed by atoms with van der Waals surface area (Å²) in [6.07, 6.45) is 1.77. The average molecular weight is 292 g/mol. The molecule has 20 heavy (non-hydrogen) atoms. The number of hydrogen-bond donors (Lipinski definition) is 2. The number of imidazole rings is 1. The Morgan fingerprint density at radius 3 is 2.75 bits per heavy atom. The summed E-state index contributed by atoms with van der Waals surface area (Å²) in [5.74, 6) is -0.0723. The highest BCUT2D eigenvalue weighted by atomic mass is 32.1. The number of aryl methyl sites for hydroxylation is 1. The lowest BCUT2D eigenvalue weighted by Crippen LogP contribution is -2.43. The highest BCUT2D eigenvalue weighted by molar-refractivity contribution is 7.71. The van der Waals surface area contributed by atoms with Crippen LogP contribution in [0.5, 0.6) is 0 Å². The van der Waals surface area contributed by atoms with Crippen molar-refractivity contribution in [3.8, 4) is 0 Å². The van der Waals surface area contributed by atoms with Gasteiger partial charge in [-0.1, -0.05) is 0 Å². The van der Waals surface area contributed by atoms with Crippen LogP contribution in [0.2, 0.25) is 0 Å². The number of fused-ring (bicyclic) bond motifs is 1. The zero-order chi connectivity index (χ0) is 15.1. The lowest BCUT2D eigenvalue weighted by molar-refractivity contribution is -0.125. The van der Waals surface area contributed by atoms with E-state index in [1.165, 1.54) is 0 Å². The Morgan fingerprint density at radius 2 is 2.15 bits per heavy atom. The molecular formula is C14H20N4OS. The molecule has 2 aromatic heterocycles. The molecule has 1 unspecified atom stereocenters. The number of H-pyrrole nitrogens is 1. The van der Waals surface area contributed by atoms with Crippen molar-refractivity contribution in [1.29, 1.82) is 0 Å². The first kappa shape index (κ1) is 14.7. The average Bonchev–Trinajstić information content (AvgIpc) is 2.60. The topological polar surface area (TPSA) is 62.7 Å². The number of aromatic amines is 1. The Balaban J connectivity index is 2.45. The van der Waals surface area contributed by atoms with Gasteiger partial charge in [-0.15, -0.1) is 0 Å². The maximum Gasteiger partial charge on any atom is 0.243 e. The van der Waals surface area contributed by atoms with Crippen molar-refractivity contribution in [2.24, 2.45) is 0 Å². The van der Waals surface area contributed by atoms with E-state index in [-0.39, 0.29) is 11.4 Å². The van der Waals surface area contributed by atoms with E-state index < -0.39 is 6.04 Å². The van der Waals surface area contributed by atoms with Crippen LogP contribution in [0.1, 0.15) is 39.3 Å². The number of hydrogen-bond acceptors (Lipinski definition) is 3. The van der Waals surface area contributed by atoms with E-state index in [0.29, 0.717) is 10.4 Å². The maximum atomic E-state index is 12.3. The fraction of sp³-hybridized carbons (Fsp3) is 0.500. The van der Waals surface area contributed by atoms with E-state index in [4.69, 9.17) is 12.2 Å². The van der Waals surface area contributed by atoms with Gasteiger partial charge in [0.15, 0.2) is 10.4 Å². The molecule has 108 valence electrons. The summed E-state index contributed by atoms with van der Waals surface area (Å²) in [6.45, 7) is 9.65. The van der Waals surface area contributed by atoms with Crippen LogP contribution in [0.3, 0.4) is 0 Å². The van der Waals surface area contributed by atoms with Crippen LogP contribution in [-0.2, 0) is 4.79 Å². The van der Waals surface area contributed by atoms with Crippen molar-refractivity contribution in [1.82, 2.24) is 19.9 Å². The molecule has 0 saturated carbocycles. The van der Waals surface area contributed by atoms with Gasteiger partial charge >= 0.3 is 0 Å². The second kappa shape index (κ2) is 5.01. The molecular weight excluding hydrogens is 272 g/mol. The number of amides is 1. The summed E-state index contributed by atoms with van der Waals surface area (Å²) < 4.78 is 2.26. The smallest absolute Gasteiger partial charge is 0.243 e. The minimum atomic E-state index is -0.411. The molecule has 6 heteroatoms. The third-order valence-electron chi connectivity index (χ3n) is 2.96. The number of nitrogens with zero attached hydrogens (tertiary/aromatic N) is 2. The number of carbonyl (C=O) groups is 1. The summed E-state index contributed by atoms with van der Waals surface area (Å²) in [7, 11) is 0. The third-order valence-corrected chi connectivity index (χ3v) is 3.26. The summed E-state index contributed by atoms with van der Waals surface area (Å²) in [4.78, 5) is 19.8. The van der Waals surface area contributed by atoms with Crippen LogP contribution in [0.15, 0.2) is 12.3 Å². The molecule has 2 rings (SSSR count). The second-order valence-corrected chi connectivity index (χ2v) is 6.49. The van der Waals surface area contributed by atoms with Gasteiger partial charge in [-0.3, -0.25) is 9.36 Å². The van der Waals surface area contributed by atoms with Gasteiger partial charge in [-0.2, -0.15) is 0 Å². The molecule has 2 N–H and O–H groups in total. The Bertz CT molecular complexity index is 708. The van der Waals surface area contributed by atoms with E-state index in [1.54, 1.807) is 10.8 Å². The van der Waals surface area contributed by atoms with Crippen molar-refractivity contribution in [2.45, 2.75) is 46.2 Å². The predicted molar refractivity (Wildman–Crippen MR) is 82.3 cm³/mol. The number of pyridine rings is 1. The van der Waals surface area contributed by atoms with Gasteiger partial charge in [-0.25, -0.2) is 4.98 Å². The fourth-order valence-electron chi connectivity index (χ4n) is 2.07. The van der Waals surface area contributed by atoms with E-state index in [9.17, 15) is 4.79 Å². The van der Waals surface area contributed by atoms with Crippen molar-refractivity contribution < 1.29 is 4.79 Å². The highest BCUT2D eigenvalue weighted by Gasteiger charge is 2.23. The Kier molecular flexibility index (Phi) is 3.69. The standard InChI is InChI=1S/C14H20N4OS/c1-8-6-10-11(15-7-8)18(13(20)16-10)9(2)12(19)17-14(3,4)5/h6-7,9H,1-5H3,(H,16,20)(H,17,19). The van der Waals surface area contributed by atoms with Crippen molar-refractivity contribution in [3.05, 3.63) is 22.6 Å². The maximum absolute atomic E-state index is 12.3. The molecule has 0 aromatic carbocycles. The first-order valence-corrected chi connectivity index (χ1v) is 6.99. The molecule has 0 spiro atoms. The Labute approximate surface area is 123 Å². The van der Waals surface area contributed by atoms with Crippen LogP contribution >= 0.6 is 12.2 Å². The summed E-state index contributed by atoms with van der Waals surface area (Å²) in [5.41, 5.74) is 2.33. The Morgan fingerprint density at radius 1 is 1.50 bits per heavy atom. The summed E-state index contributed by atoms with van der Waals surface area (Å²) in [5, 5.41) is 2.96.